The molecule has 4 nitrogen and oxygen atoms in total. The van der Waals surface area contributed by atoms with Gasteiger partial charge in [-0.15, -0.1) is 0 Å². The highest BCUT2D eigenvalue weighted by Gasteiger charge is 2.22. The molecule has 0 spiro atoms. The van der Waals surface area contributed by atoms with Crippen molar-refractivity contribution in [2.75, 3.05) is 6.61 Å². The van der Waals surface area contributed by atoms with Gasteiger partial charge in [-0.2, -0.15) is 0 Å². The molecule has 3 N–H and O–H groups in total. The van der Waals surface area contributed by atoms with E-state index in [9.17, 15) is 4.79 Å². The number of hydrogen-bond donors (Lipinski definition) is 3. The van der Waals surface area contributed by atoms with Crippen LogP contribution in [0.3, 0.4) is 0 Å². The van der Waals surface area contributed by atoms with Gasteiger partial charge in [-0.3, -0.25) is 4.79 Å². The molecular weight excluding hydrogens is 136 g/mol. The van der Waals surface area contributed by atoms with E-state index in [2.05, 4.69) is 0 Å². The summed E-state index contributed by atoms with van der Waals surface area (Å²) in [5.41, 5.74) is -1.28. The van der Waals surface area contributed by atoms with Crippen molar-refractivity contribution in [3.63, 3.8) is 0 Å². The minimum Gasteiger partial charge on any atom is -0.481 e. The van der Waals surface area contributed by atoms with Crippen LogP contribution >= 0.6 is 0 Å². The van der Waals surface area contributed by atoms with Gasteiger partial charge in [-0.05, 0) is 13.3 Å². The molecule has 0 heterocycles. The number of carboxylic acids is 1. The van der Waals surface area contributed by atoms with Crippen LogP contribution in [0.2, 0.25) is 0 Å². The number of aliphatic hydroxyl groups is 2. The van der Waals surface area contributed by atoms with Gasteiger partial charge in [0.15, 0.2) is 0 Å². The van der Waals surface area contributed by atoms with Crippen LogP contribution in [0.5, 0.6) is 0 Å². The van der Waals surface area contributed by atoms with Gasteiger partial charge in [-0.25, -0.2) is 0 Å². The number of carboxylic acid groups (broad SMARTS) is 1. The first-order valence-electron chi connectivity index (χ1n) is 3.03. The van der Waals surface area contributed by atoms with Gasteiger partial charge in [-0.1, -0.05) is 0 Å². The number of hydrogen-bond acceptors (Lipinski definition) is 3. The first-order chi connectivity index (χ1) is 4.48. The predicted molar refractivity (Wildman–Crippen MR) is 34.6 cm³/mol. The smallest absolute Gasteiger partial charge is 0.306 e. The molecule has 0 aliphatic heterocycles. The van der Waals surface area contributed by atoms with Crippen molar-refractivity contribution in [3.8, 4) is 0 Å². The normalized spacial score (nSPS) is 16.3. The highest BCUT2D eigenvalue weighted by Crippen LogP contribution is 2.12. The second-order valence-electron chi connectivity index (χ2n) is 2.54. The van der Waals surface area contributed by atoms with Crippen LogP contribution in [0.25, 0.3) is 0 Å². The molecule has 0 rings (SSSR count). The van der Waals surface area contributed by atoms with E-state index < -0.39 is 11.6 Å². The molecule has 1 atom stereocenters. The maximum absolute atomic E-state index is 10.0. The van der Waals surface area contributed by atoms with E-state index in [0.29, 0.717) is 0 Å². The van der Waals surface area contributed by atoms with E-state index in [1.54, 1.807) is 0 Å². The third-order valence-corrected chi connectivity index (χ3v) is 1.18. The number of carbonyl (C=O) groups is 1. The van der Waals surface area contributed by atoms with Crippen molar-refractivity contribution < 1.29 is 20.1 Å². The Kier molecular flexibility index (Phi) is 3.32. The molecule has 0 saturated carbocycles. The van der Waals surface area contributed by atoms with E-state index in [1.165, 1.54) is 6.92 Å². The fourth-order valence-corrected chi connectivity index (χ4v) is 0.655. The summed E-state index contributed by atoms with van der Waals surface area (Å²) in [6.45, 7) is 1.19. The highest BCUT2D eigenvalue weighted by molar-refractivity contribution is 5.67. The van der Waals surface area contributed by atoms with Crippen molar-refractivity contribution >= 4 is 5.97 Å². The molecule has 0 aromatic carbocycles. The van der Waals surface area contributed by atoms with E-state index in [4.69, 9.17) is 15.3 Å². The van der Waals surface area contributed by atoms with Crippen LogP contribution in [0, 0.1) is 0 Å². The monoisotopic (exact) mass is 148 g/mol. The molecule has 0 amide bonds. The van der Waals surface area contributed by atoms with Gasteiger partial charge in [0.05, 0.1) is 12.0 Å². The van der Waals surface area contributed by atoms with Crippen LogP contribution in [-0.2, 0) is 4.79 Å². The molecule has 0 aromatic rings. The zero-order valence-electron chi connectivity index (χ0n) is 5.87. The molecule has 10 heavy (non-hydrogen) atoms. The maximum atomic E-state index is 10.0. The molecule has 4 heteroatoms. The zero-order valence-corrected chi connectivity index (χ0v) is 5.87. The van der Waals surface area contributed by atoms with E-state index in [1.807, 2.05) is 0 Å². The third-order valence-electron chi connectivity index (χ3n) is 1.18. The Morgan fingerprint density at radius 3 is 2.40 bits per heavy atom. The fourth-order valence-electron chi connectivity index (χ4n) is 0.655. The summed E-state index contributed by atoms with van der Waals surface area (Å²) in [5.74, 6) is -1.06. The van der Waals surface area contributed by atoms with Gasteiger partial charge >= 0.3 is 5.97 Å². The van der Waals surface area contributed by atoms with Crippen molar-refractivity contribution in [2.45, 2.75) is 25.4 Å². The molecule has 0 bridgehead atoms. The molecule has 0 aromatic heterocycles. The molecule has 0 fully saturated rings. The lowest BCUT2D eigenvalue weighted by Crippen LogP contribution is -2.28. The van der Waals surface area contributed by atoms with E-state index >= 15 is 0 Å². The second kappa shape index (κ2) is 3.53. The second-order valence-corrected chi connectivity index (χ2v) is 2.54. The molecular formula is C6H12O4. The van der Waals surface area contributed by atoms with Gasteiger partial charge in [0.25, 0.3) is 0 Å². The largest absolute Gasteiger partial charge is 0.481 e. The Balaban J connectivity index is 3.74. The number of aliphatic carboxylic acids is 1. The van der Waals surface area contributed by atoms with Crippen molar-refractivity contribution in [2.24, 2.45) is 0 Å². The first kappa shape index (κ1) is 9.39. The van der Waals surface area contributed by atoms with E-state index in [-0.39, 0.29) is 19.4 Å². The Morgan fingerprint density at radius 2 is 2.10 bits per heavy atom. The highest BCUT2D eigenvalue weighted by atomic mass is 16.4. The van der Waals surface area contributed by atoms with Crippen LogP contribution in [0.1, 0.15) is 19.8 Å². The minimum atomic E-state index is -1.28. The van der Waals surface area contributed by atoms with Crippen molar-refractivity contribution in [3.05, 3.63) is 0 Å². The Labute approximate surface area is 59.1 Å². The summed E-state index contributed by atoms with van der Waals surface area (Å²) < 4.78 is 0. The summed E-state index contributed by atoms with van der Waals surface area (Å²) in [6.07, 6.45) is -0.229. The number of aliphatic hydroxyl groups excluding tert-OH is 1. The van der Waals surface area contributed by atoms with Gasteiger partial charge in [0.1, 0.15) is 0 Å². The van der Waals surface area contributed by atoms with Gasteiger partial charge in [0.2, 0.25) is 0 Å². The summed E-state index contributed by atoms with van der Waals surface area (Å²) in [5, 5.41) is 25.7. The first-order valence-corrected chi connectivity index (χ1v) is 3.03. The van der Waals surface area contributed by atoms with Gasteiger partial charge < -0.3 is 15.3 Å². The minimum absolute atomic E-state index is 0.0965. The summed E-state index contributed by atoms with van der Waals surface area (Å²) in [7, 11) is 0. The molecule has 0 radical (unpaired) electrons. The van der Waals surface area contributed by atoms with Crippen LogP contribution in [0.15, 0.2) is 0 Å². The molecule has 0 aliphatic carbocycles. The number of rotatable bonds is 4. The van der Waals surface area contributed by atoms with Crippen LogP contribution in [0.4, 0.5) is 0 Å². The standard InChI is InChI=1S/C6H12O4/c1-6(10,2-3-7)4-5(8)9/h7,10H,2-4H2,1H3,(H,8,9)/t6-/m0/s1. The lowest BCUT2D eigenvalue weighted by Gasteiger charge is -2.18. The Morgan fingerprint density at radius 1 is 1.60 bits per heavy atom. The molecule has 0 aliphatic rings. The quantitative estimate of drug-likeness (QED) is 0.506. The zero-order chi connectivity index (χ0) is 8.20. The third kappa shape index (κ3) is 4.29. The topological polar surface area (TPSA) is 77.8 Å². The SMILES string of the molecule is C[C@](O)(CCO)CC(=O)O. The van der Waals surface area contributed by atoms with E-state index in [0.717, 1.165) is 0 Å². The average Bonchev–Trinajstić information content (AvgIpc) is 1.59. The Hall–Kier alpha value is -0.610. The fraction of sp³-hybridized carbons (Fsp3) is 0.833. The summed E-state index contributed by atoms with van der Waals surface area (Å²) in [6, 6.07) is 0. The Bertz CT molecular complexity index is 119. The van der Waals surface area contributed by atoms with Crippen LogP contribution in [-0.4, -0.2) is 33.5 Å². The molecule has 0 unspecified atom stereocenters. The molecule has 0 saturated heterocycles. The van der Waals surface area contributed by atoms with Crippen molar-refractivity contribution in [1.82, 2.24) is 0 Å². The summed E-state index contributed by atoms with van der Waals surface area (Å²) >= 11 is 0. The van der Waals surface area contributed by atoms with Crippen molar-refractivity contribution in [1.29, 1.82) is 0 Å². The predicted octanol–water partition coefficient (Wildman–Crippen LogP) is -0.406. The lowest BCUT2D eigenvalue weighted by atomic mass is 9.99. The lowest BCUT2D eigenvalue weighted by molar-refractivity contribution is -0.142. The maximum Gasteiger partial charge on any atom is 0.306 e. The van der Waals surface area contributed by atoms with Crippen LogP contribution < -0.4 is 0 Å². The van der Waals surface area contributed by atoms with Gasteiger partial charge in [0, 0.05) is 6.61 Å². The molecule has 60 valence electrons. The average molecular weight is 148 g/mol. The summed E-state index contributed by atoms with van der Waals surface area (Å²) in [4.78, 5) is 10.0.